The summed E-state index contributed by atoms with van der Waals surface area (Å²) in [5, 5.41) is 0. The SMILES string of the molecule is CCCCCCCCCCCCCCCC[N+](C)(C)C(CC)(CC)c1ccccc1C.[OH-]. The molecule has 188 valence electrons. The Kier molecular flexibility index (Phi) is 17.1. The van der Waals surface area contributed by atoms with Crippen molar-refractivity contribution in [3.05, 3.63) is 35.4 Å². The maximum absolute atomic E-state index is 2.47. The van der Waals surface area contributed by atoms with Crippen LogP contribution in [0.1, 0.15) is 135 Å². The molecule has 0 aliphatic carbocycles. The van der Waals surface area contributed by atoms with E-state index < -0.39 is 0 Å². The van der Waals surface area contributed by atoms with E-state index in [9.17, 15) is 0 Å². The topological polar surface area (TPSA) is 30.0 Å². The van der Waals surface area contributed by atoms with E-state index in [-0.39, 0.29) is 11.0 Å². The molecule has 2 heteroatoms. The molecule has 0 spiro atoms. The first-order valence-electron chi connectivity index (χ1n) is 13.8. The lowest BCUT2D eigenvalue weighted by atomic mass is 9.79. The fourth-order valence-electron chi connectivity index (χ4n) is 5.82. The smallest absolute Gasteiger partial charge is 0.124 e. The van der Waals surface area contributed by atoms with Gasteiger partial charge in [0.25, 0.3) is 0 Å². The maximum atomic E-state index is 2.47. The lowest BCUT2D eigenvalue weighted by Gasteiger charge is -2.49. The Labute approximate surface area is 202 Å². The summed E-state index contributed by atoms with van der Waals surface area (Å²) >= 11 is 0. The van der Waals surface area contributed by atoms with Crippen LogP contribution in [0.4, 0.5) is 0 Å². The van der Waals surface area contributed by atoms with Gasteiger partial charge in [0, 0.05) is 18.4 Å². The highest BCUT2D eigenvalue weighted by Gasteiger charge is 2.44. The van der Waals surface area contributed by atoms with E-state index in [0.29, 0.717) is 0 Å². The van der Waals surface area contributed by atoms with Gasteiger partial charge in [0.15, 0.2) is 0 Å². The lowest BCUT2D eigenvalue weighted by Crippen LogP contribution is -2.57. The minimum absolute atomic E-state index is 0. The molecule has 0 aliphatic heterocycles. The number of unbranched alkanes of at least 4 members (excludes halogenated alkanes) is 13. The van der Waals surface area contributed by atoms with Gasteiger partial charge in [-0.15, -0.1) is 0 Å². The largest absolute Gasteiger partial charge is 0.870 e. The summed E-state index contributed by atoms with van der Waals surface area (Å²) in [4.78, 5) is 0. The summed E-state index contributed by atoms with van der Waals surface area (Å²) in [5.41, 5.74) is 3.26. The van der Waals surface area contributed by atoms with Crippen LogP contribution in [0.5, 0.6) is 0 Å². The van der Waals surface area contributed by atoms with Crippen LogP contribution in [0.25, 0.3) is 0 Å². The summed E-state index contributed by atoms with van der Waals surface area (Å²) in [6, 6.07) is 9.09. The molecule has 0 aliphatic rings. The number of rotatable bonds is 19. The Morgan fingerprint density at radius 3 is 1.44 bits per heavy atom. The van der Waals surface area contributed by atoms with Gasteiger partial charge in [-0.05, 0) is 25.3 Å². The zero-order chi connectivity index (χ0) is 23.0. The monoisotopic (exact) mass is 447 g/mol. The van der Waals surface area contributed by atoms with Gasteiger partial charge in [-0.3, -0.25) is 0 Å². The number of benzene rings is 1. The van der Waals surface area contributed by atoms with E-state index in [1.54, 1.807) is 5.56 Å². The van der Waals surface area contributed by atoms with Crippen LogP contribution in [0.2, 0.25) is 0 Å². The fourth-order valence-corrected chi connectivity index (χ4v) is 5.82. The molecule has 2 nitrogen and oxygen atoms in total. The minimum Gasteiger partial charge on any atom is -0.870 e. The molecule has 1 aromatic rings. The second-order valence-corrected chi connectivity index (χ2v) is 10.6. The Bertz CT molecular complexity index is 562. The van der Waals surface area contributed by atoms with E-state index in [2.05, 4.69) is 66.1 Å². The standard InChI is InChI=1S/C30H56N.H2O/c1-7-10-11-12-13-14-15-16-17-18-19-20-21-24-27-31(5,6)30(8-2,9-3)29-26-23-22-25-28(29)4;/h22-23,25-26H,7-21,24,27H2,1-6H3;1H2/q+1;/p-1. The third-order valence-electron chi connectivity index (χ3n) is 8.05. The second kappa shape index (κ2) is 17.6. The van der Waals surface area contributed by atoms with E-state index >= 15 is 0 Å². The van der Waals surface area contributed by atoms with Crippen molar-refractivity contribution in [1.29, 1.82) is 0 Å². The molecule has 0 amide bonds. The van der Waals surface area contributed by atoms with Gasteiger partial charge in [-0.1, -0.05) is 122 Å². The molecule has 32 heavy (non-hydrogen) atoms. The second-order valence-electron chi connectivity index (χ2n) is 10.6. The van der Waals surface area contributed by atoms with Gasteiger partial charge in [0.2, 0.25) is 0 Å². The summed E-state index contributed by atoms with van der Waals surface area (Å²) in [6.07, 6.45) is 22.5. The Morgan fingerprint density at radius 1 is 0.625 bits per heavy atom. The first kappa shape index (κ1) is 31.1. The number of hydrogen-bond acceptors (Lipinski definition) is 1. The third kappa shape index (κ3) is 9.96. The van der Waals surface area contributed by atoms with E-state index in [1.165, 1.54) is 115 Å². The molecule has 1 aromatic carbocycles. The van der Waals surface area contributed by atoms with Crippen LogP contribution in [-0.4, -0.2) is 30.6 Å². The van der Waals surface area contributed by atoms with Crippen molar-refractivity contribution in [1.82, 2.24) is 0 Å². The zero-order valence-corrected chi connectivity index (χ0v) is 22.7. The van der Waals surface area contributed by atoms with Crippen molar-refractivity contribution in [2.24, 2.45) is 0 Å². The molecule has 1 N–H and O–H groups in total. The number of hydrogen-bond donors (Lipinski definition) is 0. The van der Waals surface area contributed by atoms with Crippen LogP contribution < -0.4 is 0 Å². The Hall–Kier alpha value is -0.860. The summed E-state index contributed by atoms with van der Waals surface area (Å²) in [6.45, 7) is 10.7. The van der Waals surface area contributed by atoms with Crippen LogP contribution >= 0.6 is 0 Å². The van der Waals surface area contributed by atoms with E-state index in [4.69, 9.17) is 0 Å². The molecule has 0 unspecified atom stereocenters. The van der Waals surface area contributed by atoms with Crippen molar-refractivity contribution < 1.29 is 9.96 Å². The molecule has 0 saturated heterocycles. The van der Waals surface area contributed by atoms with E-state index in [0.717, 1.165) is 4.48 Å². The normalized spacial score (nSPS) is 12.1. The molecule has 0 fully saturated rings. The maximum Gasteiger partial charge on any atom is 0.124 e. The van der Waals surface area contributed by atoms with Gasteiger partial charge >= 0.3 is 0 Å². The van der Waals surface area contributed by atoms with Gasteiger partial charge in [-0.2, -0.15) is 0 Å². The average molecular weight is 448 g/mol. The van der Waals surface area contributed by atoms with Gasteiger partial charge < -0.3 is 9.96 Å². The van der Waals surface area contributed by atoms with E-state index in [1.807, 2.05) is 0 Å². The Balaban J connectivity index is 0.00000961. The van der Waals surface area contributed by atoms with Crippen LogP contribution in [0, 0.1) is 6.92 Å². The van der Waals surface area contributed by atoms with Crippen molar-refractivity contribution in [3.8, 4) is 0 Å². The predicted molar refractivity (Wildman–Crippen MR) is 143 cm³/mol. The van der Waals surface area contributed by atoms with Crippen molar-refractivity contribution in [2.75, 3.05) is 20.6 Å². The molecule has 0 bridgehead atoms. The highest BCUT2D eigenvalue weighted by Crippen LogP contribution is 2.41. The minimum atomic E-state index is 0. The highest BCUT2D eigenvalue weighted by molar-refractivity contribution is 5.31. The van der Waals surface area contributed by atoms with Crippen molar-refractivity contribution >= 4 is 0 Å². The molecule has 0 saturated carbocycles. The summed E-state index contributed by atoms with van der Waals surface area (Å²) in [5.74, 6) is 0. The molecular formula is C30H57NO. The molecule has 0 radical (unpaired) electrons. The average Bonchev–Trinajstić information content (AvgIpc) is 2.76. The van der Waals surface area contributed by atoms with Crippen LogP contribution in [0.3, 0.4) is 0 Å². The van der Waals surface area contributed by atoms with Crippen LogP contribution in [-0.2, 0) is 5.54 Å². The lowest BCUT2D eigenvalue weighted by molar-refractivity contribution is -0.951. The fraction of sp³-hybridized carbons (Fsp3) is 0.800. The number of quaternary nitrogens is 1. The molecule has 1 rings (SSSR count). The molecular weight excluding hydrogens is 390 g/mol. The van der Waals surface area contributed by atoms with Crippen molar-refractivity contribution in [2.45, 2.75) is 136 Å². The van der Waals surface area contributed by atoms with Crippen molar-refractivity contribution in [3.63, 3.8) is 0 Å². The zero-order valence-electron chi connectivity index (χ0n) is 22.7. The molecule has 0 heterocycles. The van der Waals surface area contributed by atoms with Gasteiger partial charge in [0.1, 0.15) is 5.54 Å². The third-order valence-corrected chi connectivity index (χ3v) is 8.05. The predicted octanol–water partition coefficient (Wildman–Crippen LogP) is 9.39. The molecule has 0 atom stereocenters. The first-order valence-corrected chi connectivity index (χ1v) is 13.8. The number of aryl methyl sites for hydroxylation is 1. The summed E-state index contributed by atoms with van der Waals surface area (Å²) in [7, 11) is 4.95. The quantitative estimate of drug-likeness (QED) is 0.153. The first-order chi connectivity index (χ1) is 14.9. The van der Waals surface area contributed by atoms with Crippen LogP contribution in [0.15, 0.2) is 24.3 Å². The van der Waals surface area contributed by atoms with Gasteiger partial charge in [0.05, 0.1) is 20.6 Å². The summed E-state index contributed by atoms with van der Waals surface area (Å²) < 4.78 is 1.11. The Morgan fingerprint density at radius 2 is 1.03 bits per heavy atom. The molecule has 0 aromatic heterocycles. The highest BCUT2D eigenvalue weighted by atomic mass is 16.0. The number of nitrogens with zero attached hydrogens (tertiary/aromatic N) is 1. The van der Waals surface area contributed by atoms with Gasteiger partial charge in [-0.25, -0.2) is 0 Å².